The van der Waals surface area contributed by atoms with E-state index in [0.717, 1.165) is 0 Å². The first kappa shape index (κ1) is 38.4. The Bertz CT molecular complexity index is 887. The first-order valence-corrected chi connectivity index (χ1v) is 13.8. The van der Waals surface area contributed by atoms with Crippen molar-refractivity contribution in [1.29, 1.82) is 0 Å². The lowest BCUT2D eigenvalue weighted by molar-refractivity contribution is -0.142. The quantitative estimate of drug-likeness (QED) is 0.0295. The van der Waals surface area contributed by atoms with Crippen LogP contribution in [0.5, 0.6) is 0 Å². The topological polar surface area (TPSA) is 337 Å². The van der Waals surface area contributed by atoms with Crippen LogP contribution in [0.15, 0.2) is 4.99 Å². The number of nitrogens with one attached hydrogen (secondary N) is 4. The van der Waals surface area contributed by atoms with E-state index in [9.17, 15) is 39.3 Å². The summed E-state index contributed by atoms with van der Waals surface area (Å²) in [7, 11) is 0. The van der Waals surface area contributed by atoms with Gasteiger partial charge < -0.3 is 65.3 Å². The van der Waals surface area contributed by atoms with E-state index in [4.69, 9.17) is 28.7 Å². The predicted molar refractivity (Wildman–Crippen MR) is 153 cm³/mol. The summed E-state index contributed by atoms with van der Waals surface area (Å²) in [5.74, 6) is -4.85. The molecular weight excluding hydrogens is 556 g/mol. The van der Waals surface area contributed by atoms with Gasteiger partial charge in [0.05, 0.1) is 19.3 Å². The Morgan fingerprint density at radius 2 is 1.05 bits per heavy atom. The number of amides is 4. The van der Waals surface area contributed by atoms with Gasteiger partial charge in [0.25, 0.3) is 0 Å². The molecule has 0 saturated carbocycles. The van der Waals surface area contributed by atoms with Crippen LogP contribution < -0.4 is 49.9 Å². The first-order chi connectivity index (χ1) is 19.9. The van der Waals surface area contributed by atoms with E-state index >= 15 is 0 Å². The van der Waals surface area contributed by atoms with Gasteiger partial charge in [0.2, 0.25) is 23.6 Å². The van der Waals surface area contributed by atoms with Crippen molar-refractivity contribution in [3.8, 4) is 0 Å². The summed E-state index contributed by atoms with van der Waals surface area (Å²) in [6, 6.07) is -6.52. The van der Waals surface area contributed by atoms with E-state index in [-0.39, 0.29) is 31.8 Å². The molecule has 0 aromatic carbocycles. The van der Waals surface area contributed by atoms with Crippen LogP contribution in [0.3, 0.4) is 0 Å². The molecule has 0 spiro atoms. The highest BCUT2D eigenvalue weighted by molar-refractivity contribution is 5.95. The molecule has 42 heavy (non-hydrogen) atoms. The first-order valence-electron chi connectivity index (χ1n) is 13.8. The van der Waals surface area contributed by atoms with E-state index in [1.165, 1.54) is 0 Å². The number of carbonyl (C=O) groups is 5. The molecule has 0 fully saturated rings. The zero-order valence-electron chi connectivity index (χ0n) is 23.8. The number of rotatable bonds is 23. The maximum Gasteiger partial charge on any atom is 0.326 e. The van der Waals surface area contributed by atoms with Crippen molar-refractivity contribution in [3.63, 3.8) is 0 Å². The smallest absolute Gasteiger partial charge is 0.326 e. The SMILES string of the molecule is NCCCC[C@H](NC(=O)[C@H](CO)NC(=O)[C@H](CO)NC(=O)[C@H](CCCCN)NC(=O)[C@@H](N)CCCN=C(N)N)C(=O)O. The van der Waals surface area contributed by atoms with Crippen molar-refractivity contribution in [2.75, 3.05) is 32.8 Å². The van der Waals surface area contributed by atoms with Gasteiger partial charge in [0.15, 0.2) is 5.96 Å². The number of aliphatic hydroxyl groups excluding tert-OH is 2. The zero-order valence-corrected chi connectivity index (χ0v) is 23.8. The van der Waals surface area contributed by atoms with Gasteiger partial charge in [-0.05, 0) is 64.5 Å². The fraction of sp³-hybridized carbons (Fsp3) is 0.750. The molecule has 18 heteroatoms. The van der Waals surface area contributed by atoms with E-state index in [1.807, 2.05) is 0 Å². The number of carboxylic acid groups (broad SMARTS) is 1. The number of carboxylic acids is 1. The number of aliphatic imine (C=N–C) groups is 1. The van der Waals surface area contributed by atoms with Crippen molar-refractivity contribution in [2.24, 2.45) is 33.7 Å². The molecule has 0 aromatic rings. The van der Waals surface area contributed by atoms with Crippen LogP contribution in [0.4, 0.5) is 0 Å². The average molecular weight is 605 g/mol. The Labute approximate surface area is 244 Å². The Hall–Kier alpha value is -3.58. The molecule has 0 rings (SSSR count). The Kier molecular flexibility index (Phi) is 20.2. The molecule has 0 bridgehead atoms. The summed E-state index contributed by atoms with van der Waals surface area (Å²) in [5, 5.41) is 38.0. The Morgan fingerprint density at radius 3 is 1.48 bits per heavy atom. The molecule has 4 amide bonds. The number of carbonyl (C=O) groups excluding carboxylic acids is 4. The molecule has 0 aromatic heterocycles. The van der Waals surface area contributed by atoms with Crippen molar-refractivity contribution in [1.82, 2.24) is 21.3 Å². The Morgan fingerprint density at radius 1 is 0.619 bits per heavy atom. The molecule has 0 radical (unpaired) electrons. The van der Waals surface area contributed by atoms with Gasteiger partial charge in [-0.3, -0.25) is 24.2 Å². The maximum absolute atomic E-state index is 13.0. The van der Waals surface area contributed by atoms with Crippen molar-refractivity contribution >= 4 is 35.6 Å². The molecule has 0 heterocycles. The number of aliphatic carboxylic acids is 1. The number of nitrogens with zero attached hydrogens (tertiary/aromatic N) is 1. The molecule has 0 saturated heterocycles. The number of unbranched alkanes of at least 4 members (excludes halogenated alkanes) is 2. The second-order valence-corrected chi connectivity index (χ2v) is 9.57. The molecule has 0 aliphatic heterocycles. The minimum Gasteiger partial charge on any atom is -0.480 e. The third kappa shape index (κ3) is 16.0. The normalized spacial score (nSPS) is 14.4. The van der Waals surface area contributed by atoms with E-state index in [0.29, 0.717) is 45.2 Å². The molecule has 0 unspecified atom stereocenters. The third-order valence-electron chi connectivity index (χ3n) is 6.08. The summed E-state index contributed by atoms with van der Waals surface area (Å²) < 4.78 is 0. The standard InChI is InChI=1S/C24H48N10O8/c25-9-3-1-7-15(31-19(37)14(27)6-5-11-30-24(28)29)20(38)33-18(13-36)22(40)34-17(12-35)21(39)32-16(23(41)42)8-2-4-10-26/h14-18,35-36H,1-13,25-27H2,(H,31,37)(H,32,39)(H,33,38)(H,34,40)(H,41,42)(H4,28,29,30)/t14-,15-,16-,17-,18-/m0/s1. The Balaban J connectivity index is 5.32. The lowest BCUT2D eigenvalue weighted by Crippen LogP contribution is -2.60. The highest BCUT2D eigenvalue weighted by Gasteiger charge is 2.31. The second-order valence-electron chi connectivity index (χ2n) is 9.57. The second kappa shape index (κ2) is 22.1. The molecule has 5 atom stereocenters. The van der Waals surface area contributed by atoms with Gasteiger partial charge in [-0.25, -0.2) is 4.79 Å². The van der Waals surface area contributed by atoms with Gasteiger partial charge >= 0.3 is 5.97 Å². The van der Waals surface area contributed by atoms with Crippen LogP contribution in [0.1, 0.15) is 51.4 Å². The molecule has 17 N–H and O–H groups in total. The number of hydrogen-bond donors (Lipinski definition) is 12. The lowest BCUT2D eigenvalue weighted by Gasteiger charge is -2.25. The summed E-state index contributed by atoms with van der Waals surface area (Å²) in [5.41, 5.74) is 27.4. The van der Waals surface area contributed by atoms with Crippen LogP contribution in [-0.4, -0.2) is 114 Å². The van der Waals surface area contributed by atoms with Crippen molar-refractivity contribution in [2.45, 2.75) is 81.6 Å². The van der Waals surface area contributed by atoms with Crippen molar-refractivity contribution in [3.05, 3.63) is 0 Å². The van der Waals surface area contributed by atoms with Crippen LogP contribution >= 0.6 is 0 Å². The molecule has 18 nitrogen and oxygen atoms in total. The number of hydrogen-bond acceptors (Lipinski definition) is 11. The van der Waals surface area contributed by atoms with Crippen LogP contribution in [0, 0.1) is 0 Å². The molecular formula is C24H48N10O8. The third-order valence-corrected chi connectivity index (χ3v) is 6.08. The molecule has 242 valence electrons. The summed E-state index contributed by atoms with van der Waals surface area (Å²) >= 11 is 0. The summed E-state index contributed by atoms with van der Waals surface area (Å²) in [6.45, 7) is -0.835. The highest BCUT2D eigenvalue weighted by atomic mass is 16.4. The van der Waals surface area contributed by atoms with Gasteiger partial charge in [0.1, 0.15) is 24.2 Å². The number of guanidine groups is 1. The van der Waals surface area contributed by atoms with Gasteiger partial charge in [-0.2, -0.15) is 0 Å². The minimum atomic E-state index is -1.57. The van der Waals surface area contributed by atoms with Gasteiger partial charge in [0, 0.05) is 6.54 Å². The van der Waals surface area contributed by atoms with E-state index in [1.54, 1.807) is 0 Å². The van der Waals surface area contributed by atoms with Crippen molar-refractivity contribution < 1.29 is 39.3 Å². The monoisotopic (exact) mass is 604 g/mol. The molecule has 0 aliphatic rings. The van der Waals surface area contributed by atoms with Gasteiger partial charge in [-0.15, -0.1) is 0 Å². The van der Waals surface area contributed by atoms with Crippen LogP contribution in [0.25, 0.3) is 0 Å². The fourth-order valence-corrected chi connectivity index (χ4v) is 3.65. The van der Waals surface area contributed by atoms with Crippen LogP contribution in [-0.2, 0) is 24.0 Å². The maximum atomic E-state index is 13.0. The summed E-state index contributed by atoms with van der Waals surface area (Å²) in [6.07, 6.45) is 2.82. The van der Waals surface area contributed by atoms with Crippen LogP contribution in [0.2, 0.25) is 0 Å². The van der Waals surface area contributed by atoms with Gasteiger partial charge in [-0.1, -0.05) is 0 Å². The largest absolute Gasteiger partial charge is 0.480 e. The van der Waals surface area contributed by atoms with E-state index < -0.39 is 73.0 Å². The number of aliphatic hydroxyl groups is 2. The zero-order chi connectivity index (χ0) is 32.1. The fourth-order valence-electron chi connectivity index (χ4n) is 3.65. The number of nitrogens with two attached hydrogens (primary N) is 5. The lowest BCUT2D eigenvalue weighted by atomic mass is 10.1. The average Bonchev–Trinajstić information content (AvgIpc) is 2.94. The minimum absolute atomic E-state index is 0.0802. The predicted octanol–water partition coefficient (Wildman–Crippen LogP) is -5.37. The highest BCUT2D eigenvalue weighted by Crippen LogP contribution is 2.05. The van der Waals surface area contributed by atoms with E-state index in [2.05, 4.69) is 26.3 Å². The summed E-state index contributed by atoms with van der Waals surface area (Å²) in [4.78, 5) is 66.2. The molecule has 0 aliphatic carbocycles.